The molecule has 2 aromatic heterocycles. The molecule has 27 heavy (non-hydrogen) atoms. The van der Waals surface area contributed by atoms with Gasteiger partial charge in [0.25, 0.3) is 5.82 Å². The third kappa shape index (κ3) is 3.84. The quantitative estimate of drug-likeness (QED) is 0.622. The number of ketones is 1. The van der Waals surface area contributed by atoms with Gasteiger partial charge in [-0.3, -0.25) is 4.79 Å². The van der Waals surface area contributed by atoms with E-state index in [-0.39, 0.29) is 23.9 Å². The van der Waals surface area contributed by atoms with Crippen LogP contribution in [0, 0.1) is 25.2 Å². The van der Waals surface area contributed by atoms with Crippen molar-refractivity contribution < 1.29 is 18.3 Å². The van der Waals surface area contributed by atoms with Crippen molar-refractivity contribution in [3.63, 3.8) is 0 Å². The lowest BCUT2D eigenvalue weighted by Crippen LogP contribution is -2.12. The van der Waals surface area contributed by atoms with Crippen molar-refractivity contribution in [2.45, 2.75) is 27.0 Å². The SMILES string of the molecule is Cc1cc(C(=O)Cn2cnc(C#N)n2)c(C)n1-c1ccc(OC(F)F)cc1. The molecule has 2 heterocycles. The zero-order chi connectivity index (χ0) is 19.6. The summed E-state index contributed by atoms with van der Waals surface area (Å²) in [6, 6.07) is 9.73. The Balaban J connectivity index is 1.85. The van der Waals surface area contributed by atoms with E-state index < -0.39 is 6.61 Å². The Morgan fingerprint density at radius 2 is 2.00 bits per heavy atom. The predicted molar refractivity (Wildman–Crippen MR) is 90.9 cm³/mol. The number of benzene rings is 1. The molecular weight excluding hydrogens is 356 g/mol. The van der Waals surface area contributed by atoms with Crippen LogP contribution >= 0.6 is 0 Å². The molecule has 7 nitrogen and oxygen atoms in total. The normalized spacial score (nSPS) is 10.8. The van der Waals surface area contributed by atoms with Crippen molar-refractivity contribution in [3.05, 3.63) is 59.4 Å². The highest BCUT2D eigenvalue weighted by Gasteiger charge is 2.18. The van der Waals surface area contributed by atoms with Crippen molar-refractivity contribution in [2.75, 3.05) is 0 Å². The molecule has 0 spiro atoms. The fourth-order valence-electron chi connectivity index (χ4n) is 2.87. The summed E-state index contributed by atoms with van der Waals surface area (Å²) in [5.74, 6) is -0.118. The maximum Gasteiger partial charge on any atom is 0.387 e. The number of alkyl halides is 2. The van der Waals surface area contributed by atoms with Crippen LogP contribution in [0.3, 0.4) is 0 Å². The molecule has 0 aliphatic rings. The van der Waals surface area contributed by atoms with Crippen LogP contribution in [0.4, 0.5) is 8.78 Å². The number of hydrogen-bond donors (Lipinski definition) is 0. The van der Waals surface area contributed by atoms with E-state index in [1.54, 1.807) is 25.1 Å². The molecule has 0 bridgehead atoms. The third-order valence-corrected chi connectivity index (χ3v) is 3.99. The van der Waals surface area contributed by atoms with Gasteiger partial charge in [-0.05, 0) is 44.2 Å². The van der Waals surface area contributed by atoms with Gasteiger partial charge in [0.1, 0.15) is 24.7 Å². The van der Waals surface area contributed by atoms with Crippen LogP contribution in [-0.2, 0) is 6.54 Å². The van der Waals surface area contributed by atoms with Gasteiger partial charge < -0.3 is 9.30 Å². The summed E-state index contributed by atoms with van der Waals surface area (Å²) < 4.78 is 32.1. The number of halogens is 2. The molecule has 0 atom stereocenters. The molecule has 0 aliphatic carbocycles. The van der Waals surface area contributed by atoms with Gasteiger partial charge in [-0.15, -0.1) is 5.10 Å². The van der Waals surface area contributed by atoms with Gasteiger partial charge >= 0.3 is 6.61 Å². The highest BCUT2D eigenvalue weighted by molar-refractivity contribution is 5.97. The van der Waals surface area contributed by atoms with Gasteiger partial charge in [0.05, 0.1) is 0 Å². The molecule has 0 radical (unpaired) electrons. The summed E-state index contributed by atoms with van der Waals surface area (Å²) in [5, 5.41) is 12.6. The zero-order valence-corrected chi connectivity index (χ0v) is 14.6. The van der Waals surface area contributed by atoms with Crippen molar-refractivity contribution >= 4 is 5.78 Å². The van der Waals surface area contributed by atoms with Crippen LogP contribution < -0.4 is 4.74 Å². The number of carbonyl (C=O) groups is 1. The Morgan fingerprint density at radius 3 is 2.59 bits per heavy atom. The van der Waals surface area contributed by atoms with Crippen molar-refractivity contribution in [3.8, 4) is 17.5 Å². The first-order valence-corrected chi connectivity index (χ1v) is 7.96. The molecule has 3 rings (SSSR count). The number of nitriles is 1. The van der Waals surface area contributed by atoms with E-state index >= 15 is 0 Å². The number of hydrogen-bond acceptors (Lipinski definition) is 5. The largest absolute Gasteiger partial charge is 0.435 e. The average molecular weight is 371 g/mol. The molecule has 0 unspecified atom stereocenters. The lowest BCUT2D eigenvalue weighted by atomic mass is 10.1. The lowest BCUT2D eigenvalue weighted by molar-refractivity contribution is -0.0498. The number of nitrogens with zero attached hydrogens (tertiary/aromatic N) is 5. The third-order valence-electron chi connectivity index (χ3n) is 3.99. The average Bonchev–Trinajstić information content (AvgIpc) is 3.19. The Kier molecular flexibility index (Phi) is 4.98. The van der Waals surface area contributed by atoms with E-state index in [1.165, 1.54) is 23.1 Å². The first kappa shape index (κ1) is 18.3. The van der Waals surface area contributed by atoms with Gasteiger partial charge in [0, 0.05) is 22.6 Å². The summed E-state index contributed by atoms with van der Waals surface area (Å²) in [6.07, 6.45) is 1.33. The Hall–Kier alpha value is -3.54. The molecule has 0 saturated heterocycles. The molecule has 3 aromatic rings. The second-order valence-corrected chi connectivity index (χ2v) is 5.79. The number of aromatic nitrogens is 4. The van der Waals surface area contributed by atoms with E-state index in [4.69, 9.17) is 5.26 Å². The van der Waals surface area contributed by atoms with E-state index in [1.807, 2.05) is 17.6 Å². The second kappa shape index (κ2) is 7.37. The van der Waals surface area contributed by atoms with Crippen LogP contribution in [0.15, 0.2) is 36.7 Å². The predicted octanol–water partition coefficient (Wildman–Crippen LogP) is 3.04. The van der Waals surface area contributed by atoms with Crippen LogP contribution in [0.1, 0.15) is 27.6 Å². The minimum atomic E-state index is -2.88. The fraction of sp³-hybridized carbons (Fsp3) is 0.222. The minimum absolute atomic E-state index is 0.000575. The van der Waals surface area contributed by atoms with E-state index in [9.17, 15) is 13.6 Å². The molecule has 0 fully saturated rings. The summed E-state index contributed by atoms with van der Waals surface area (Å²) >= 11 is 0. The van der Waals surface area contributed by atoms with E-state index in [0.717, 1.165) is 11.4 Å². The molecule has 0 N–H and O–H groups in total. The molecule has 0 amide bonds. The molecule has 1 aromatic carbocycles. The summed E-state index contributed by atoms with van der Waals surface area (Å²) in [7, 11) is 0. The van der Waals surface area contributed by atoms with Crippen molar-refractivity contribution in [1.82, 2.24) is 19.3 Å². The number of rotatable bonds is 6. The summed E-state index contributed by atoms with van der Waals surface area (Å²) in [4.78, 5) is 16.4. The van der Waals surface area contributed by atoms with Gasteiger partial charge in [0.2, 0.25) is 0 Å². The minimum Gasteiger partial charge on any atom is -0.435 e. The topological polar surface area (TPSA) is 85.7 Å². The summed E-state index contributed by atoms with van der Waals surface area (Å²) in [6.45, 7) is 0.719. The Morgan fingerprint density at radius 1 is 1.30 bits per heavy atom. The molecule has 138 valence electrons. The van der Waals surface area contributed by atoms with Gasteiger partial charge in [-0.1, -0.05) is 0 Å². The van der Waals surface area contributed by atoms with Crippen LogP contribution in [0.2, 0.25) is 0 Å². The maximum absolute atomic E-state index is 12.6. The number of aryl methyl sites for hydroxylation is 1. The highest BCUT2D eigenvalue weighted by atomic mass is 19.3. The number of carbonyl (C=O) groups excluding carboxylic acids is 1. The van der Waals surface area contributed by atoms with E-state index in [0.29, 0.717) is 11.3 Å². The fourth-order valence-corrected chi connectivity index (χ4v) is 2.87. The van der Waals surface area contributed by atoms with Crippen LogP contribution in [0.5, 0.6) is 5.75 Å². The standard InChI is InChI=1S/C18H15F2N5O2/c1-11-7-15(16(26)9-24-10-22-17(8-21)23-24)12(2)25(11)13-3-5-14(6-4-13)27-18(19)20/h3-7,10,18H,9H2,1-2H3. The Bertz CT molecular complexity index is 1020. The number of ether oxygens (including phenoxy) is 1. The molecular formula is C18H15F2N5O2. The number of Topliss-reactive ketones (excluding diaryl/α,β-unsaturated/α-hetero) is 1. The van der Waals surface area contributed by atoms with Gasteiger partial charge in [-0.2, -0.15) is 14.0 Å². The van der Waals surface area contributed by atoms with E-state index in [2.05, 4.69) is 14.8 Å². The van der Waals surface area contributed by atoms with Crippen LogP contribution in [0.25, 0.3) is 5.69 Å². The molecule has 0 aliphatic heterocycles. The smallest absolute Gasteiger partial charge is 0.387 e. The van der Waals surface area contributed by atoms with Gasteiger partial charge in [0.15, 0.2) is 5.78 Å². The highest BCUT2D eigenvalue weighted by Crippen LogP contribution is 2.24. The zero-order valence-electron chi connectivity index (χ0n) is 14.6. The second-order valence-electron chi connectivity index (χ2n) is 5.79. The van der Waals surface area contributed by atoms with Crippen molar-refractivity contribution in [1.29, 1.82) is 5.26 Å². The van der Waals surface area contributed by atoms with Crippen LogP contribution in [-0.4, -0.2) is 31.7 Å². The van der Waals surface area contributed by atoms with Crippen molar-refractivity contribution in [2.24, 2.45) is 0 Å². The maximum atomic E-state index is 12.6. The summed E-state index contributed by atoms with van der Waals surface area (Å²) in [5.41, 5.74) is 2.75. The molecule has 9 heteroatoms. The molecule has 0 saturated carbocycles. The monoisotopic (exact) mass is 371 g/mol. The van der Waals surface area contributed by atoms with Gasteiger partial charge in [-0.25, -0.2) is 9.67 Å². The first-order valence-electron chi connectivity index (χ1n) is 7.96. The first-order chi connectivity index (χ1) is 12.9. The Labute approximate surface area is 153 Å². The lowest BCUT2D eigenvalue weighted by Gasteiger charge is -2.11.